The predicted molar refractivity (Wildman–Crippen MR) is 127 cm³/mol. The van der Waals surface area contributed by atoms with Gasteiger partial charge in [-0.1, -0.05) is 23.7 Å². The average Bonchev–Trinajstić information content (AvgIpc) is 3.24. The summed E-state index contributed by atoms with van der Waals surface area (Å²) >= 11 is 6.07. The molecule has 3 aromatic carbocycles. The van der Waals surface area contributed by atoms with Gasteiger partial charge in [0.05, 0.1) is 6.54 Å². The highest BCUT2D eigenvalue weighted by Crippen LogP contribution is 2.29. The molecule has 2 aromatic heterocycles. The van der Waals surface area contributed by atoms with E-state index in [1.54, 1.807) is 76.3 Å². The van der Waals surface area contributed by atoms with E-state index < -0.39 is 5.82 Å². The summed E-state index contributed by atoms with van der Waals surface area (Å²) in [6, 6.07) is 20.3. The second-order valence-electron chi connectivity index (χ2n) is 7.60. The first kappa shape index (κ1) is 21.7. The molecule has 0 bridgehead atoms. The largest absolute Gasteiger partial charge is 0.303 e. The van der Waals surface area contributed by atoms with Gasteiger partial charge in [-0.05, 0) is 72.3 Å². The Morgan fingerprint density at radius 1 is 0.912 bits per heavy atom. The van der Waals surface area contributed by atoms with E-state index in [1.807, 2.05) is 0 Å². The van der Waals surface area contributed by atoms with E-state index in [9.17, 15) is 13.6 Å². The number of hydrogen-bond donors (Lipinski definition) is 0. The van der Waals surface area contributed by atoms with Gasteiger partial charge in [0.1, 0.15) is 23.0 Å². The lowest BCUT2D eigenvalue weighted by molar-refractivity contribution is 0.0980. The zero-order valence-electron chi connectivity index (χ0n) is 17.7. The maximum Gasteiger partial charge on any atom is 0.277 e. The van der Waals surface area contributed by atoms with Crippen molar-refractivity contribution in [1.29, 1.82) is 0 Å². The third-order valence-corrected chi connectivity index (χ3v) is 5.61. The first-order chi connectivity index (χ1) is 16.5. The molecular formula is C26H17ClF2N4O. The highest BCUT2D eigenvalue weighted by Gasteiger charge is 2.27. The van der Waals surface area contributed by atoms with Crippen molar-refractivity contribution in [3.8, 4) is 11.3 Å². The number of nitrogens with zero attached hydrogens (tertiary/aromatic N) is 4. The Labute approximate surface area is 198 Å². The lowest BCUT2D eigenvalue weighted by atomic mass is 10.1. The van der Waals surface area contributed by atoms with Gasteiger partial charge in [0.25, 0.3) is 5.91 Å². The van der Waals surface area contributed by atoms with Crippen molar-refractivity contribution >= 4 is 29.0 Å². The molecule has 0 fully saturated rings. The number of aromatic nitrogens is 3. The summed E-state index contributed by atoms with van der Waals surface area (Å²) in [7, 11) is 0. The summed E-state index contributed by atoms with van der Waals surface area (Å²) in [5.41, 5.74) is 2.56. The van der Waals surface area contributed by atoms with Crippen molar-refractivity contribution in [2.45, 2.75) is 6.54 Å². The van der Waals surface area contributed by atoms with Crippen molar-refractivity contribution < 1.29 is 13.6 Å². The number of hydrogen-bond acceptors (Lipinski definition) is 3. The molecule has 1 amide bonds. The van der Waals surface area contributed by atoms with Crippen LogP contribution < -0.4 is 4.90 Å². The van der Waals surface area contributed by atoms with Gasteiger partial charge >= 0.3 is 0 Å². The van der Waals surface area contributed by atoms with Crippen LogP contribution in [-0.2, 0) is 6.54 Å². The van der Waals surface area contributed by atoms with Crippen LogP contribution in [0, 0.1) is 11.6 Å². The monoisotopic (exact) mass is 474 g/mol. The smallest absolute Gasteiger partial charge is 0.277 e. The van der Waals surface area contributed by atoms with Gasteiger partial charge in [-0.2, -0.15) is 0 Å². The van der Waals surface area contributed by atoms with Crippen LogP contribution in [-0.4, -0.2) is 20.3 Å². The van der Waals surface area contributed by atoms with Crippen LogP contribution in [0.15, 0.2) is 91.3 Å². The van der Waals surface area contributed by atoms with E-state index in [4.69, 9.17) is 11.6 Å². The molecule has 0 saturated heterocycles. The Morgan fingerprint density at radius 2 is 1.56 bits per heavy atom. The summed E-state index contributed by atoms with van der Waals surface area (Å²) in [4.78, 5) is 24.5. The summed E-state index contributed by atoms with van der Waals surface area (Å²) in [5, 5.41) is 0.531. The lowest BCUT2D eigenvalue weighted by Gasteiger charge is -2.23. The van der Waals surface area contributed by atoms with Crippen LogP contribution in [0.2, 0.25) is 5.02 Å². The molecule has 2 heterocycles. The first-order valence-electron chi connectivity index (χ1n) is 10.4. The Kier molecular flexibility index (Phi) is 5.77. The second-order valence-corrected chi connectivity index (χ2v) is 8.04. The topological polar surface area (TPSA) is 50.5 Å². The molecule has 0 aliphatic heterocycles. The Balaban J connectivity index is 1.66. The van der Waals surface area contributed by atoms with Crippen molar-refractivity contribution in [3.05, 3.63) is 119 Å². The van der Waals surface area contributed by atoms with E-state index in [0.717, 1.165) is 5.56 Å². The number of carbonyl (C=O) groups is 1. The van der Waals surface area contributed by atoms with E-state index in [0.29, 0.717) is 27.7 Å². The number of halogens is 3. The van der Waals surface area contributed by atoms with E-state index >= 15 is 0 Å². The lowest BCUT2D eigenvalue weighted by Crippen LogP contribution is -2.31. The zero-order valence-corrected chi connectivity index (χ0v) is 18.5. The third kappa shape index (κ3) is 4.25. The van der Waals surface area contributed by atoms with Crippen LogP contribution in [0.1, 0.15) is 16.1 Å². The number of benzene rings is 3. The fraction of sp³-hybridized carbons (Fsp3) is 0.0385. The van der Waals surface area contributed by atoms with Gasteiger partial charge in [-0.3, -0.25) is 9.20 Å². The summed E-state index contributed by atoms with van der Waals surface area (Å²) in [5.74, 6) is -0.772. The Hall–Kier alpha value is -4.10. The van der Waals surface area contributed by atoms with Crippen LogP contribution >= 0.6 is 11.6 Å². The maximum atomic E-state index is 14.1. The Morgan fingerprint density at radius 3 is 2.24 bits per heavy atom. The molecule has 0 unspecified atom stereocenters. The number of amides is 1. The molecule has 0 N–H and O–H groups in total. The van der Waals surface area contributed by atoms with Gasteiger partial charge in [0.15, 0.2) is 0 Å². The first-order valence-corrected chi connectivity index (χ1v) is 10.8. The molecule has 0 aliphatic rings. The third-order valence-electron chi connectivity index (χ3n) is 5.36. The van der Waals surface area contributed by atoms with Gasteiger partial charge in [-0.15, -0.1) is 0 Å². The normalized spacial score (nSPS) is 11.0. The fourth-order valence-electron chi connectivity index (χ4n) is 3.70. The van der Waals surface area contributed by atoms with Crippen LogP contribution in [0.5, 0.6) is 0 Å². The Bertz CT molecular complexity index is 1470. The average molecular weight is 475 g/mol. The standard InChI is InChI=1S/C26H17ClF2N4O/c27-19-6-12-22(13-7-19)33(16-17-2-8-20(28)9-3-17)25(34)24-23(18-4-10-21(29)11-5-18)31-26-30-14-1-15-32(24)26/h1-15H,16H2. The predicted octanol–water partition coefficient (Wildman–Crippen LogP) is 6.17. The highest BCUT2D eigenvalue weighted by molar-refractivity contribution is 6.30. The van der Waals surface area contributed by atoms with Crippen molar-refractivity contribution in [2.75, 3.05) is 4.90 Å². The number of fused-ring (bicyclic) bond motifs is 1. The van der Waals surface area contributed by atoms with Gasteiger partial charge in [0.2, 0.25) is 5.78 Å². The second kappa shape index (κ2) is 9.03. The zero-order chi connectivity index (χ0) is 23.7. The SMILES string of the molecule is O=C(c1c(-c2ccc(F)cc2)nc2ncccn12)N(Cc1ccc(F)cc1)c1ccc(Cl)cc1. The molecule has 0 aliphatic carbocycles. The molecule has 0 spiro atoms. The number of anilines is 1. The molecular weight excluding hydrogens is 458 g/mol. The number of imidazole rings is 1. The molecule has 0 atom stereocenters. The van der Waals surface area contributed by atoms with Crippen LogP contribution in [0.4, 0.5) is 14.5 Å². The van der Waals surface area contributed by atoms with Crippen molar-refractivity contribution in [3.63, 3.8) is 0 Å². The molecule has 5 rings (SSSR count). The summed E-state index contributed by atoms with van der Waals surface area (Å²) < 4.78 is 28.7. The van der Waals surface area contributed by atoms with Crippen LogP contribution in [0.25, 0.3) is 17.0 Å². The van der Waals surface area contributed by atoms with Gasteiger partial charge in [0, 0.05) is 28.7 Å². The van der Waals surface area contributed by atoms with Crippen molar-refractivity contribution in [1.82, 2.24) is 14.4 Å². The maximum absolute atomic E-state index is 14.1. The van der Waals surface area contributed by atoms with E-state index in [1.165, 1.54) is 24.3 Å². The molecule has 168 valence electrons. The molecule has 5 nitrogen and oxygen atoms in total. The van der Waals surface area contributed by atoms with E-state index in [-0.39, 0.29) is 24.0 Å². The highest BCUT2D eigenvalue weighted by atomic mass is 35.5. The molecule has 5 aromatic rings. The minimum absolute atomic E-state index is 0.178. The van der Waals surface area contributed by atoms with Gasteiger partial charge < -0.3 is 4.90 Å². The quantitative estimate of drug-likeness (QED) is 0.306. The fourth-order valence-corrected chi connectivity index (χ4v) is 3.83. The molecule has 0 radical (unpaired) electrons. The summed E-state index contributed by atoms with van der Waals surface area (Å²) in [6.07, 6.45) is 3.29. The molecule has 8 heteroatoms. The summed E-state index contributed by atoms with van der Waals surface area (Å²) in [6.45, 7) is 0.178. The number of rotatable bonds is 5. The minimum Gasteiger partial charge on any atom is -0.303 e. The molecule has 34 heavy (non-hydrogen) atoms. The van der Waals surface area contributed by atoms with Crippen LogP contribution in [0.3, 0.4) is 0 Å². The van der Waals surface area contributed by atoms with Gasteiger partial charge in [-0.25, -0.2) is 18.7 Å². The molecule has 0 saturated carbocycles. The minimum atomic E-state index is -0.391. The number of carbonyl (C=O) groups excluding carboxylic acids is 1. The van der Waals surface area contributed by atoms with E-state index in [2.05, 4.69) is 9.97 Å². The van der Waals surface area contributed by atoms with Crippen molar-refractivity contribution in [2.24, 2.45) is 0 Å².